The molecule has 1 fully saturated rings. The molecule has 1 atom stereocenters. The second kappa shape index (κ2) is 5.40. The average molecular weight is 256 g/mol. The summed E-state index contributed by atoms with van der Waals surface area (Å²) in [5.74, 6) is 0.673. The predicted molar refractivity (Wildman–Crippen MR) is 71.3 cm³/mol. The van der Waals surface area contributed by atoms with Crippen LogP contribution in [-0.4, -0.2) is 15.8 Å². The number of hydrogen-bond donors (Lipinski definition) is 1. The number of aromatic nitrogens is 2. The Balaban J connectivity index is 2.11. The summed E-state index contributed by atoms with van der Waals surface area (Å²) in [6, 6.07) is 0.233. The van der Waals surface area contributed by atoms with E-state index in [1.165, 1.54) is 25.7 Å². The van der Waals surface area contributed by atoms with E-state index >= 15 is 0 Å². The van der Waals surface area contributed by atoms with E-state index in [-0.39, 0.29) is 6.04 Å². The first-order valence-corrected chi connectivity index (χ1v) is 6.98. The van der Waals surface area contributed by atoms with Crippen LogP contribution in [0.3, 0.4) is 0 Å². The third-order valence-electron chi connectivity index (χ3n) is 3.89. The molecule has 0 aliphatic heterocycles. The molecule has 1 heterocycles. The Bertz CT molecular complexity index is 380. The van der Waals surface area contributed by atoms with Crippen LogP contribution in [-0.2, 0) is 13.0 Å². The molecule has 1 saturated carbocycles. The van der Waals surface area contributed by atoms with Crippen LogP contribution in [0.25, 0.3) is 0 Å². The smallest absolute Gasteiger partial charge is 0.0847 e. The van der Waals surface area contributed by atoms with E-state index in [4.69, 9.17) is 17.3 Å². The van der Waals surface area contributed by atoms with E-state index in [9.17, 15) is 0 Å². The fraction of sp³-hybridized carbons (Fsp3) is 0.769. The van der Waals surface area contributed by atoms with Crippen LogP contribution in [0.5, 0.6) is 0 Å². The minimum absolute atomic E-state index is 0.233. The number of aryl methyl sites for hydroxylation is 2. The van der Waals surface area contributed by atoms with Crippen molar-refractivity contribution in [1.29, 1.82) is 0 Å². The van der Waals surface area contributed by atoms with Gasteiger partial charge in [0.1, 0.15) is 0 Å². The van der Waals surface area contributed by atoms with Gasteiger partial charge in [0.05, 0.1) is 16.4 Å². The van der Waals surface area contributed by atoms with Crippen molar-refractivity contribution in [3.63, 3.8) is 0 Å². The van der Waals surface area contributed by atoms with E-state index in [0.717, 1.165) is 29.4 Å². The lowest BCUT2D eigenvalue weighted by molar-refractivity contribution is 0.418. The molecule has 0 spiro atoms. The Kier molecular flexibility index (Phi) is 4.10. The Labute approximate surface area is 108 Å². The molecule has 96 valence electrons. The van der Waals surface area contributed by atoms with Gasteiger partial charge in [0, 0.05) is 19.0 Å². The normalized spacial score (nSPS) is 18.8. The number of rotatable bonds is 4. The van der Waals surface area contributed by atoms with Crippen molar-refractivity contribution in [3.8, 4) is 0 Å². The van der Waals surface area contributed by atoms with Gasteiger partial charge in [0.25, 0.3) is 0 Å². The van der Waals surface area contributed by atoms with Crippen molar-refractivity contribution in [3.05, 3.63) is 16.4 Å². The van der Waals surface area contributed by atoms with Crippen LogP contribution in [0.1, 0.15) is 44.0 Å². The van der Waals surface area contributed by atoms with Gasteiger partial charge in [-0.3, -0.25) is 4.68 Å². The molecule has 4 heteroatoms. The van der Waals surface area contributed by atoms with E-state index in [2.05, 4.69) is 12.0 Å². The number of nitrogens with two attached hydrogens (primary N) is 1. The molecule has 1 aliphatic carbocycles. The molecule has 2 N–H and O–H groups in total. The Morgan fingerprint density at radius 3 is 2.71 bits per heavy atom. The van der Waals surface area contributed by atoms with E-state index in [0.29, 0.717) is 5.92 Å². The lowest BCUT2D eigenvalue weighted by Crippen LogP contribution is -2.31. The molecule has 0 aromatic carbocycles. The number of halogens is 1. The minimum atomic E-state index is 0.233. The van der Waals surface area contributed by atoms with Gasteiger partial charge in [0.15, 0.2) is 0 Å². The highest BCUT2D eigenvalue weighted by Gasteiger charge is 2.24. The fourth-order valence-electron chi connectivity index (χ4n) is 2.84. The SMILES string of the molecule is CCn1nc(C)c(Cl)c1CC(N)C1CCCC1. The second-order valence-electron chi connectivity index (χ2n) is 5.07. The number of nitrogens with zero attached hydrogens (tertiary/aromatic N) is 2. The molecule has 1 aromatic rings. The zero-order valence-corrected chi connectivity index (χ0v) is 11.5. The number of hydrogen-bond acceptors (Lipinski definition) is 2. The minimum Gasteiger partial charge on any atom is -0.327 e. The van der Waals surface area contributed by atoms with Gasteiger partial charge >= 0.3 is 0 Å². The van der Waals surface area contributed by atoms with E-state index < -0.39 is 0 Å². The van der Waals surface area contributed by atoms with Gasteiger partial charge < -0.3 is 5.73 Å². The standard InChI is InChI=1S/C13H22ClN3/c1-3-17-12(13(14)9(2)16-17)8-11(15)10-6-4-5-7-10/h10-11H,3-8,15H2,1-2H3. The molecule has 2 rings (SSSR count). The zero-order chi connectivity index (χ0) is 12.4. The molecule has 1 unspecified atom stereocenters. The summed E-state index contributed by atoms with van der Waals surface area (Å²) in [5.41, 5.74) is 8.35. The molecule has 0 amide bonds. The topological polar surface area (TPSA) is 43.8 Å². The fourth-order valence-corrected chi connectivity index (χ4v) is 3.05. The highest BCUT2D eigenvalue weighted by molar-refractivity contribution is 6.31. The summed E-state index contributed by atoms with van der Waals surface area (Å²) in [4.78, 5) is 0. The van der Waals surface area contributed by atoms with Crippen molar-refractivity contribution in [1.82, 2.24) is 9.78 Å². The van der Waals surface area contributed by atoms with Crippen molar-refractivity contribution in [2.75, 3.05) is 0 Å². The maximum Gasteiger partial charge on any atom is 0.0847 e. The molecular formula is C13H22ClN3. The second-order valence-corrected chi connectivity index (χ2v) is 5.45. The van der Waals surface area contributed by atoms with Crippen LogP contribution in [0.2, 0.25) is 5.02 Å². The van der Waals surface area contributed by atoms with E-state index in [1.807, 2.05) is 11.6 Å². The summed E-state index contributed by atoms with van der Waals surface area (Å²) in [7, 11) is 0. The van der Waals surface area contributed by atoms with Gasteiger partial charge in [-0.05, 0) is 32.6 Å². The maximum atomic E-state index is 6.31. The monoisotopic (exact) mass is 255 g/mol. The zero-order valence-electron chi connectivity index (χ0n) is 10.7. The average Bonchev–Trinajstić information content (AvgIpc) is 2.92. The Morgan fingerprint density at radius 1 is 1.47 bits per heavy atom. The highest BCUT2D eigenvalue weighted by Crippen LogP contribution is 2.30. The maximum absolute atomic E-state index is 6.31. The van der Waals surface area contributed by atoms with E-state index in [1.54, 1.807) is 0 Å². The third kappa shape index (κ3) is 2.66. The third-order valence-corrected chi connectivity index (χ3v) is 4.38. The summed E-state index contributed by atoms with van der Waals surface area (Å²) in [6.45, 7) is 4.91. The van der Waals surface area contributed by atoms with Crippen LogP contribution < -0.4 is 5.73 Å². The summed E-state index contributed by atoms with van der Waals surface area (Å²) < 4.78 is 1.99. The predicted octanol–water partition coefficient (Wildman–Crippen LogP) is 2.92. The quantitative estimate of drug-likeness (QED) is 0.899. The van der Waals surface area contributed by atoms with Crippen molar-refractivity contribution < 1.29 is 0 Å². The van der Waals surface area contributed by atoms with Crippen molar-refractivity contribution >= 4 is 11.6 Å². The molecule has 0 radical (unpaired) electrons. The molecule has 17 heavy (non-hydrogen) atoms. The molecule has 1 aromatic heterocycles. The molecule has 1 aliphatic rings. The largest absolute Gasteiger partial charge is 0.327 e. The van der Waals surface area contributed by atoms with Gasteiger partial charge in [0.2, 0.25) is 0 Å². The first-order valence-electron chi connectivity index (χ1n) is 6.60. The van der Waals surface area contributed by atoms with Crippen LogP contribution in [0, 0.1) is 12.8 Å². The summed E-state index contributed by atoms with van der Waals surface area (Å²) in [6.07, 6.45) is 6.07. The lowest BCUT2D eigenvalue weighted by Gasteiger charge is -2.19. The molecule has 0 saturated heterocycles. The first kappa shape index (κ1) is 12.9. The van der Waals surface area contributed by atoms with Gasteiger partial charge in [-0.1, -0.05) is 24.4 Å². The molecule has 0 bridgehead atoms. The van der Waals surface area contributed by atoms with Crippen LogP contribution >= 0.6 is 11.6 Å². The molecular weight excluding hydrogens is 234 g/mol. The van der Waals surface area contributed by atoms with Crippen LogP contribution in [0.15, 0.2) is 0 Å². The van der Waals surface area contributed by atoms with Crippen molar-refractivity contribution in [2.45, 2.75) is 58.5 Å². The van der Waals surface area contributed by atoms with Crippen LogP contribution in [0.4, 0.5) is 0 Å². The van der Waals surface area contributed by atoms with Crippen molar-refractivity contribution in [2.24, 2.45) is 11.7 Å². The van der Waals surface area contributed by atoms with Gasteiger partial charge in [-0.2, -0.15) is 5.10 Å². The Hall–Kier alpha value is -0.540. The first-order chi connectivity index (χ1) is 8.13. The van der Waals surface area contributed by atoms with Gasteiger partial charge in [-0.15, -0.1) is 0 Å². The summed E-state index contributed by atoms with van der Waals surface area (Å²) in [5, 5.41) is 5.24. The lowest BCUT2D eigenvalue weighted by atomic mass is 9.95. The van der Waals surface area contributed by atoms with Gasteiger partial charge in [-0.25, -0.2) is 0 Å². The Morgan fingerprint density at radius 2 is 2.12 bits per heavy atom. The highest BCUT2D eigenvalue weighted by atomic mass is 35.5. The summed E-state index contributed by atoms with van der Waals surface area (Å²) >= 11 is 6.30. The molecule has 3 nitrogen and oxygen atoms in total.